The minimum Gasteiger partial charge on any atom is -0.391 e. The van der Waals surface area contributed by atoms with Crippen LogP contribution in [0.3, 0.4) is 0 Å². The van der Waals surface area contributed by atoms with Gasteiger partial charge in [0.15, 0.2) is 0 Å². The number of nitrogens with zero attached hydrogens (tertiary/aromatic N) is 4. The molecule has 108 valence electrons. The molecule has 1 aliphatic heterocycles. The Morgan fingerprint density at radius 1 is 1.37 bits per heavy atom. The molecule has 0 unspecified atom stereocenters. The number of hydrogen-bond acceptors (Lipinski definition) is 4. The van der Waals surface area contributed by atoms with Gasteiger partial charge in [0.25, 0.3) is 0 Å². The Balaban J connectivity index is 2.14. The van der Waals surface area contributed by atoms with Crippen molar-refractivity contribution >= 4 is 5.82 Å². The molecule has 1 aliphatic rings. The molecule has 1 saturated heterocycles. The van der Waals surface area contributed by atoms with E-state index >= 15 is 0 Å². The van der Waals surface area contributed by atoms with Crippen LogP contribution in [0.5, 0.6) is 0 Å². The summed E-state index contributed by atoms with van der Waals surface area (Å²) in [4.78, 5) is 4.80. The first-order chi connectivity index (χ1) is 9.08. The summed E-state index contributed by atoms with van der Waals surface area (Å²) < 4.78 is 1.90. The number of aromatic nitrogens is 2. The molecule has 19 heavy (non-hydrogen) atoms. The summed E-state index contributed by atoms with van der Waals surface area (Å²) in [5.41, 5.74) is 1.89. The van der Waals surface area contributed by atoms with E-state index in [1.807, 2.05) is 18.7 Å². The molecule has 5 nitrogen and oxygen atoms in total. The molecule has 0 radical (unpaired) electrons. The fourth-order valence-electron chi connectivity index (χ4n) is 3.11. The zero-order valence-electron chi connectivity index (χ0n) is 12.6. The Kier molecular flexibility index (Phi) is 4.47. The second-order valence-electron chi connectivity index (χ2n) is 5.45. The summed E-state index contributed by atoms with van der Waals surface area (Å²) in [7, 11) is 4.08. The molecule has 1 aromatic heterocycles. The molecular weight excluding hydrogens is 240 g/mol. The number of rotatable bonds is 4. The van der Waals surface area contributed by atoms with Gasteiger partial charge in [-0.2, -0.15) is 5.10 Å². The first-order valence-electron chi connectivity index (χ1n) is 7.17. The molecule has 0 spiro atoms. The predicted octanol–water partition coefficient (Wildman–Crippen LogP) is 1.14. The van der Waals surface area contributed by atoms with Crippen LogP contribution in [-0.2, 0) is 13.7 Å². The van der Waals surface area contributed by atoms with E-state index in [9.17, 15) is 5.11 Å². The molecule has 1 N–H and O–H groups in total. The SMILES string of the molecule is CCN1CCC(N(C)c2c(CO)c(C)nn2C)CC1. The van der Waals surface area contributed by atoms with Crippen molar-refractivity contribution in [2.24, 2.45) is 7.05 Å². The Bertz CT molecular complexity index is 421. The molecule has 0 atom stereocenters. The van der Waals surface area contributed by atoms with E-state index in [1.165, 1.54) is 12.8 Å². The molecule has 0 saturated carbocycles. The maximum atomic E-state index is 9.55. The smallest absolute Gasteiger partial charge is 0.132 e. The average Bonchev–Trinajstić information content (AvgIpc) is 2.72. The minimum atomic E-state index is 0.0627. The standard InChI is InChI=1S/C14H26N4O/c1-5-18-8-6-12(7-9-18)16(3)14-13(10-19)11(2)15-17(14)4/h12,19H,5-10H2,1-4H3. The van der Waals surface area contributed by atoms with Gasteiger partial charge in [-0.25, -0.2) is 0 Å². The van der Waals surface area contributed by atoms with E-state index in [4.69, 9.17) is 0 Å². The molecular formula is C14H26N4O. The van der Waals surface area contributed by atoms with Crippen molar-refractivity contribution in [3.63, 3.8) is 0 Å². The number of anilines is 1. The number of aryl methyl sites for hydroxylation is 2. The number of aliphatic hydroxyl groups is 1. The maximum absolute atomic E-state index is 9.55. The summed E-state index contributed by atoms with van der Waals surface area (Å²) in [5, 5.41) is 14.0. The molecule has 0 amide bonds. The monoisotopic (exact) mass is 266 g/mol. The first kappa shape index (κ1) is 14.3. The lowest BCUT2D eigenvalue weighted by atomic mass is 10.0. The predicted molar refractivity (Wildman–Crippen MR) is 77.4 cm³/mol. The zero-order chi connectivity index (χ0) is 14.0. The molecule has 2 rings (SSSR count). The summed E-state index contributed by atoms with van der Waals surface area (Å²) in [6.45, 7) is 7.71. The van der Waals surface area contributed by atoms with Gasteiger partial charge in [0.2, 0.25) is 0 Å². The molecule has 1 aromatic rings. The zero-order valence-corrected chi connectivity index (χ0v) is 12.6. The fraction of sp³-hybridized carbons (Fsp3) is 0.786. The van der Waals surface area contributed by atoms with E-state index < -0.39 is 0 Å². The van der Waals surface area contributed by atoms with Crippen LogP contribution < -0.4 is 4.90 Å². The van der Waals surface area contributed by atoms with Crippen molar-refractivity contribution in [3.05, 3.63) is 11.3 Å². The van der Waals surface area contributed by atoms with Gasteiger partial charge in [-0.05, 0) is 26.3 Å². The topological polar surface area (TPSA) is 44.5 Å². The van der Waals surface area contributed by atoms with Gasteiger partial charge < -0.3 is 14.9 Å². The van der Waals surface area contributed by atoms with Crippen LogP contribution in [0.1, 0.15) is 31.0 Å². The van der Waals surface area contributed by atoms with E-state index in [1.54, 1.807) is 0 Å². The van der Waals surface area contributed by atoms with Gasteiger partial charge >= 0.3 is 0 Å². The number of likely N-dealkylation sites (tertiary alicyclic amines) is 1. The van der Waals surface area contributed by atoms with E-state index in [2.05, 4.69) is 28.9 Å². The third-order valence-electron chi connectivity index (χ3n) is 4.36. The van der Waals surface area contributed by atoms with Crippen molar-refractivity contribution < 1.29 is 5.11 Å². The highest BCUT2D eigenvalue weighted by Gasteiger charge is 2.25. The van der Waals surface area contributed by atoms with Gasteiger partial charge in [0.05, 0.1) is 12.3 Å². The molecule has 5 heteroatoms. The molecule has 1 fully saturated rings. The van der Waals surface area contributed by atoms with Crippen molar-refractivity contribution in [2.45, 2.75) is 39.3 Å². The fourth-order valence-corrected chi connectivity index (χ4v) is 3.11. The molecule has 0 aromatic carbocycles. The molecule has 0 bridgehead atoms. The maximum Gasteiger partial charge on any atom is 0.132 e. The lowest BCUT2D eigenvalue weighted by Crippen LogP contribution is -2.44. The van der Waals surface area contributed by atoms with Crippen LogP contribution >= 0.6 is 0 Å². The highest BCUT2D eigenvalue weighted by atomic mass is 16.3. The van der Waals surface area contributed by atoms with Crippen LogP contribution in [0.4, 0.5) is 5.82 Å². The van der Waals surface area contributed by atoms with Crippen molar-refractivity contribution in [2.75, 3.05) is 31.6 Å². The lowest BCUT2D eigenvalue weighted by Gasteiger charge is -2.37. The Labute approximate surface area is 115 Å². The quantitative estimate of drug-likeness (QED) is 0.887. The van der Waals surface area contributed by atoms with Crippen LogP contribution in [0, 0.1) is 6.92 Å². The van der Waals surface area contributed by atoms with E-state index in [-0.39, 0.29) is 6.61 Å². The Morgan fingerprint density at radius 3 is 2.53 bits per heavy atom. The van der Waals surface area contributed by atoms with Crippen molar-refractivity contribution in [1.29, 1.82) is 0 Å². The second kappa shape index (κ2) is 5.92. The third-order valence-corrected chi connectivity index (χ3v) is 4.36. The highest BCUT2D eigenvalue weighted by Crippen LogP contribution is 2.27. The Hall–Kier alpha value is -1.07. The normalized spacial score (nSPS) is 17.9. The van der Waals surface area contributed by atoms with Gasteiger partial charge in [0.1, 0.15) is 5.82 Å². The van der Waals surface area contributed by atoms with Crippen LogP contribution in [-0.4, -0.2) is 52.5 Å². The summed E-state index contributed by atoms with van der Waals surface area (Å²) in [6.07, 6.45) is 2.36. The van der Waals surface area contributed by atoms with Gasteiger partial charge in [-0.3, -0.25) is 4.68 Å². The lowest BCUT2D eigenvalue weighted by molar-refractivity contribution is 0.219. The summed E-state index contributed by atoms with van der Waals surface area (Å²) in [5.74, 6) is 1.06. The summed E-state index contributed by atoms with van der Waals surface area (Å²) in [6, 6.07) is 0.544. The average molecular weight is 266 g/mol. The number of aliphatic hydroxyl groups excluding tert-OH is 1. The number of piperidine rings is 1. The highest BCUT2D eigenvalue weighted by molar-refractivity contribution is 5.50. The molecule has 0 aliphatic carbocycles. The van der Waals surface area contributed by atoms with Gasteiger partial charge in [-0.1, -0.05) is 6.92 Å². The second-order valence-corrected chi connectivity index (χ2v) is 5.45. The van der Waals surface area contributed by atoms with Crippen LogP contribution in [0.15, 0.2) is 0 Å². The minimum absolute atomic E-state index is 0.0627. The summed E-state index contributed by atoms with van der Waals surface area (Å²) >= 11 is 0. The van der Waals surface area contributed by atoms with Gasteiger partial charge in [-0.15, -0.1) is 0 Å². The molecule has 2 heterocycles. The van der Waals surface area contributed by atoms with E-state index in [0.717, 1.165) is 36.7 Å². The number of hydrogen-bond donors (Lipinski definition) is 1. The van der Waals surface area contributed by atoms with Crippen molar-refractivity contribution in [1.82, 2.24) is 14.7 Å². The Morgan fingerprint density at radius 2 is 2.00 bits per heavy atom. The third kappa shape index (κ3) is 2.77. The van der Waals surface area contributed by atoms with Crippen molar-refractivity contribution in [3.8, 4) is 0 Å². The first-order valence-corrected chi connectivity index (χ1v) is 7.17. The van der Waals surface area contributed by atoms with E-state index in [0.29, 0.717) is 6.04 Å². The van der Waals surface area contributed by atoms with Crippen LogP contribution in [0.25, 0.3) is 0 Å². The van der Waals surface area contributed by atoms with Gasteiger partial charge in [0, 0.05) is 38.8 Å². The van der Waals surface area contributed by atoms with Crippen LogP contribution in [0.2, 0.25) is 0 Å². The largest absolute Gasteiger partial charge is 0.391 e.